The van der Waals surface area contributed by atoms with E-state index in [1.54, 1.807) is 0 Å². The van der Waals surface area contributed by atoms with E-state index in [1.807, 2.05) is 48.5 Å². The van der Waals surface area contributed by atoms with Gasteiger partial charge in [0.1, 0.15) is 62.6 Å². The highest BCUT2D eigenvalue weighted by atomic mass is 16.6. The molecule has 0 saturated carbocycles. The molecule has 388 valence electrons. The zero-order valence-corrected chi connectivity index (χ0v) is 43.6. The minimum Gasteiger partial charge on any atom is -0.493 e. The van der Waals surface area contributed by atoms with Gasteiger partial charge in [-0.15, -0.1) is 0 Å². The zero-order chi connectivity index (χ0) is 50.1. The Hall–Kier alpha value is -6.32. The lowest BCUT2D eigenvalue weighted by atomic mass is 9.91. The molecule has 10 bridgehead atoms. The molecule has 0 unspecified atom stereocenters. The number of rotatable bonds is 16. The van der Waals surface area contributed by atoms with E-state index in [2.05, 4.69) is 86.6 Å². The molecule has 0 spiro atoms. The summed E-state index contributed by atoms with van der Waals surface area (Å²) in [4.78, 5) is 0. The predicted molar refractivity (Wildman–Crippen MR) is 291 cm³/mol. The Balaban J connectivity index is 1.20. The van der Waals surface area contributed by atoms with Crippen molar-refractivity contribution in [2.45, 2.75) is 117 Å². The quantitative estimate of drug-likeness (QED) is 0.0694. The van der Waals surface area contributed by atoms with Gasteiger partial charge in [0.15, 0.2) is 23.0 Å². The van der Waals surface area contributed by atoms with Gasteiger partial charge in [0.2, 0.25) is 0 Å². The van der Waals surface area contributed by atoms with E-state index in [9.17, 15) is 0 Å². The topological polar surface area (TPSA) is 83.1 Å². The van der Waals surface area contributed by atoms with E-state index in [0.717, 1.165) is 93.2 Å². The van der Waals surface area contributed by atoms with Crippen molar-refractivity contribution < 1.29 is 42.6 Å². The molecule has 0 aromatic heterocycles. The first-order valence-electron chi connectivity index (χ1n) is 27.4. The van der Waals surface area contributed by atoms with Crippen molar-refractivity contribution in [3.8, 4) is 46.0 Å². The van der Waals surface area contributed by atoms with Crippen LogP contribution in [0.2, 0.25) is 0 Å². The van der Waals surface area contributed by atoms with Crippen LogP contribution in [0.15, 0.2) is 121 Å². The summed E-state index contributed by atoms with van der Waals surface area (Å²) in [6.45, 7) is 8.62. The Kier molecular flexibility index (Phi) is 21.3. The summed E-state index contributed by atoms with van der Waals surface area (Å²) < 4.78 is 58.9. The van der Waals surface area contributed by atoms with Gasteiger partial charge in [-0.3, -0.25) is 0 Å². The molecule has 1 aliphatic carbocycles. The second-order valence-corrected chi connectivity index (χ2v) is 19.2. The first-order chi connectivity index (χ1) is 36.2. The first kappa shape index (κ1) is 53.0. The average Bonchev–Trinajstić information content (AvgIpc) is 3.40. The highest BCUT2D eigenvalue weighted by molar-refractivity contribution is 5.56. The largest absolute Gasteiger partial charge is 0.493 e. The number of hydrogen-bond acceptors (Lipinski definition) is 9. The third-order valence-electron chi connectivity index (χ3n) is 13.6. The van der Waals surface area contributed by atoms with Crippen molar-refractivity contribution in [2.75, 3.05) is 66.1 Å². The molecule has 6 aromatic carbocycles. The van der Waals surface area contributed by atoms with Crippen LogP contribution in [0.25, 0.3) is 0 Å². The van der Waals surface area contributed by atoms with Crippen LogP contribution in [0.1, 0.15) is 135 Å². The first-order valence-corrected chi connectivity index (χ1v) is 27.4. The zero-order valence-electron chi connectivity index (χ0n) is 43.6. The van der Waals surface area contributed by atoms with Crippen molar-refractivity contribution in [2.24, 2.45) is 0 Å². The van der Waals surface area contributed by atoms with E-state index in [1.165, 1.54) is 51.4 Å². The Bertz CT molecular complexity index is 2330. The standard InChI is InChI=1S/C64H78O9/c1-3-5-7-9-11-17-35-70-61-49-23-19-24-50(61)46-54-28-22-30-56-48-52-26-20-25-51(62(52)71-36-18-12-10-8-6-4-2)47-55-29-21-27-53(45-49)63(55)72-43-41-68-59-33-15-13-31-57(59)66-39-37-65-38-40-67-58-32-14-16-34-60(58)69-42-44-73-64(54)56/h13-16,19-34H,3-12,17-18,35-48H2,1-2H3. The highest BCUT2D eigenvalue weighted by Gasteiger charge is 2.22. The molecular formula is C64H78O9. The fourth-order valence-corrected chi connectivity index (χ4v) is 9.83. The smallest absolute Gasteiger partial charge is 0.161 e. The summed E-state index contributed by atoms with van der Waals surface area (Å²) in [7, 11) is 0. The van der Waals surface area contributed by atoms with Crippen molar-refractivity contribution in [3.05, 3.63) is 166 Å². The number of benzene rings is 6. The molecule has 0 fully saturated rings. The van der Waals surface area contributed by atoms with Crippen LogP contribution >= 0.6 is 0 Å². The highest BCUT2D eigenvalue weighted by Crippen LogP contribution is 2.39. The van der Waals surface area contributed by atoms with E-state index < -0.39 is 0 Å². The molecule has 2 aliphatic heterocycles. The number of hydrogen-bond donors (Lipinski definition) is 0. The number of para-hydroxylation sites is 8. The Morgan fingerprint density at radius 3 is 0.932 bits per heavy atom. The van der Waals surface area contributed by atoms with Crippen molar-refractivity contribution in [1.82, 2.24) is 0 Å². The van der Waals surface area contributed by atoms with Gasteiger partial charge >= 0.3 is 0 Å². The summed E-state index contributed by atoms with van der Waals surface area (Å²) in [6.07, 6.45) is 16.8. The van der Waals surface area contributed by atoms with Crippen molar-refractivity contribution >= 4 is 0 Å². The average molecular weight is 991 g/mol. The van der Waals surface area contributed by atoms with Gasteiger partial charge in [-0.25, -0.2) is 0 Å². The summed E-state index contributed by atoms with van der Waals surface area (Å²) in [6, 6.07) is 41.9. The Morgan fingerprint density at radius 2 is 0.589 bits per heavy atom. The molecule has 0 saturated heterocycles. The minimum atomic E-state index is 0.319. The molecule has 0 atom stereocenters. The Morgan fingerprint density at radius 1 is 0.301 bits per heavy atom. The summed E-state index contributed by atoms with van der Waals surface area (Å²) in [5.74, 6) is 6.21. The van der Waals surface area contributed by atoms with Crippen LogP contribution in [0.5, 0.6) is 46.0 Å². The monoisotopic (exact) mass is 991 g/mol. The van der Waals surface area contributed by atoms with Crippen LogP contribution in [-0.2, 0) is 30.4 Å². The van der Waals surface area contributed by atoms with E-state index >= 15 is 0 Å². The molecule has 9 nitrogen and oxygen atoms in total. The summed E-state index contributed by atoms with van der Waals surface area (Å²) in [5, 5.41) is 0. The SMILES string of the molecule is CCCCCCCCOc1c2cccc1Cc1cccc3c1OCCOc1ccccc1OCCOCCOc1ccccc1OCCOc1c(cccc1Cc1cccc(c1OCCCCCCCC)C3)C2. The molecule has 9 rings (SSSR count). The molecule has 9 heteroatoms. The van der Waals surface area contributed by atoms with Crippen LogP contribution < -0.4 is 37.9 Å². The third-order valence-corrected chi connectivity index (χ3v) is 13.6. The maximum Gasteiger partial charge on any atom is 0.161 e. The van der Waals surface area contributed by atoms with Crippen LogP contribution in [0, 0.1) is 0 Å². The van der Waals surface area contributed by atoms with Gasteiger partial charge in [0, 0.05) is 25.7 Å². The fourth-order valence-electron chi connectivity index (χ4n) is 9.83. The maximum atomic E-state index is 6.97. The number of unbranched alkanes of at least 4 members (excludes halogenated alkanes) is 10. The van der Waals surface area contributed by atoms with Crippen LogP contribution in [-0.4, -0.2) is 66.1 Å². The molecule has 2 heterocycles. The normalized spacial score (nSPS) is 14.3. The number of ether oxygens (including phenoxy) is 9. The third kappa shape index (κ3) is 15.8. The lowest BCUT2D eigenvalue weighted by Gasteiger charge is -2.23. The molecule has 0 radical (unpaired) electrons. The van der Waals surface area contributed by atoms with Gasteiger partial charge in [-0.2, -0.15) is 0 Å². The van der Waals surface area contributed by atoms with Crippen LogP contribution in [0.4, 0.5) is 0 Å². The van der Waals surface area contributed by atoms with Crippen molar-refractivity contribution in [1.29, 1.82) is 0 Å². The molecule has 3 aliphatic rings. The van der Waals surface area contributed by atoms with E-state index in [4.69, 9.17) is 42.6 Å². The molecule has 73 heavy (non-hydrogen) atoms. The van der Waals surface area contributed by atoms with Gasteiger partial charge in [0.05, 0.1) is 26.4 Å². The lowest BCUT2D eigenvalue weighted by Crippen LogP contribution is -2.15. The van der Waals surface area contributed by atoms with Crippen LogP contribution in [0.3, 0.4) is 0 Å². The lowest BCUT2D eigenvalue weighted by molar-refractivity contribution is 0.0742. The second-order valence-electron chi connectivity index (χ2n) is 19.2. The van der Waals surface area contributed by atoms with Gasteiger partial charge in [-0.05, 0) is 81.6 Å². The van der Waals surface area contributed by atoms with Gasteiger partial charge < -0.3 is 42.6 Å². The van der Waals surface area contributed by atoms with Crippen molar-refractivity contribution in [3.63, 3.8) is 0 Å². The van der Waals surface area contributed by atoms with Gasteiger partial charge in [0.25, 0.3) is 0 Å². The van der Waals surface area contributed by atoms with E-state index in [-0.39, 0.29) is 0 Å². The molecule has 0 amide bonds. The molecular weight excluding hydrogens is 913 g/mol. The number of fused-ring (bicyclic) bond motifs is 12. The minimum absolute atomic E-state index is 0.319. The second kappa shape index (κ2) is 29.4. The Labute approximate surface area is 435 Å². The molecule has 6 aromatic rings. The molecule has 0 N–H and O–H groups in total. The van der Waals surface area contributed by atoms with E-state index in [0.29, 0.717) is 115 Å². The summed E-state index contributed by atoms with van der Waals surface area (Å²) in [5.41, 5.74) is 8.84. The summed E-state index contributed by atoms with van der Waals surface area (Å²) >= 11 is 0. The van der Waals surface area contributed by atoms with Gasteiger partial charge in [-0.1, -0.05) is 175 Å². The fraction of sp³-hybridized carbons (Fsp3) is 0.438. The maximum absolute atomic E-state index is 6.97. The predicted octanol–water partition coefficient (Wildman–Crippen LogP) is 14.5.